The van der Waals surface area contributed by atoms with Gasteiger partial charge in [-0.05, 0) is 37.8 Å². The standard InChI is InChI=1S/C16H19N3O5/c1-10-7-12(4-5-13(10)19(23)24)17-15(22)18-8-11-3-2-6-16(11,9-18)14(20)21/h4-5,7,11H,2-3,6,8-9H2,1H3,(H,17,22)(H,20,21)/t11-,16+/m0/s1. The second-order valence-corrected chi connectivity index (χ2v) is 6.62. The Bertz CT molecular complexity index is 720. The number of nitro groups is 1. The van der Waals surface area contributed by atoms with Crippen LogP contribution in [-0.4, -0.2) is 40.0 Å². The summed E-state index contributed by atoms with van der Waals surface area (Å²) >= 11 is 0. The maximum atomic E-state index is 12.4. The summed E-state index contributed by atoms with van der Waals surface area (Å²) < 4.78 is 0. The lowest BCUT2D eigenvalue weighted by Gasteiger charge is -2.23. The van der Waals surface area contributed by atoms with Crippen molar-refractivity contribution in [3.05, 3.63) is 33.9 Å². The van der Waals surface area contributed by atoms with Crippen molar-refractivity contribution >= 4 is 23.4 Å². The molecule has 24 heavy (non-hydrogen) atoms. The molecule has 1 heterocycles. The number of carbonyl (C=O) groups excluding carboxylic acids is 1. The van der Waals surface area contributed by atoms with Gasteiger partial charge >= 0.3 is 12.0 Å². The highest BCUT2D eigenvalue weighted by Crippen LogP contribution is 2.48. The van der Waals surface area contributed by atoms with E-state index in [0.717, 1.165) is 12.8 Å². The molecule has 2 fully saturated rings. The number of likely N-dealkylation sites (tertiary alicyclic amines) is 1. The first kappa shape index (κ1) is 16.2. The van der Waals surface area contributed by atoms with Gasteiger partial charge < -0.3 is 15.3 Å². The van der Waals surface area contributed by atoms with E-state index in [4.69, 9.17) is 0 Å². The number of aliphatic carboxylic acids is 1. The summed E-state index contributed by atoms with van der Waals surface area (Å²) in [7, 11) is 0. The summed E-state index contributed by atoms with van der Waals surface area (Å²) in [5.41, 5.74) is 0.0964. The minimum absolute atomic E-state index is 0.000605. The molecule has 2 atom stereocenters. The number of nitrogens with zero attached hydrogens (tertiary/aromatic N) is 2. The first-order valence-corrected chi connectivity index (χ1v) is 7.88. The smallest absolute Gasteiger partial charge is 0.321 e. The van der Waals surface area contributed by atoms with Crippen LogP contribution >= 0.6 is 0 Å². The highest BCUT2D eigenvalue weighted by Gasteiger charge is 2.55. The molecule has 0 aromatic heterocycles. The van der Waals surface area contributed by atoms with Gasteiger partial charge in [-0.25, -0.2) is 4.79 Å². The average molecular weight is 333 g/mol. The molecular formula is C16H19N3O5. The summed E-state index contributed by atoms with van der Waals surface area (Å²) in [6.45, 7) is 2.25. The molecule has 2 N–H and O–H groups in total. The number of aryl methyl sites for hydroxylation is 1. The number of carboxylic acids is 1. The number of fused-ring (bicyclic) bond motifs is 1. The zero-order chi connectivity index (χ0) is 17.5. The molecule has 2 amide bonds. The lowest BCUT2D eigenvalue weighted by Crippen LogP contribution is -2.38. The predicted molar refractivity (Wildman–Crippen MR) is 85.8 cm³/mol. The summed E-state index contributed by atoms with van der Waals surface area (Å²) in [5, 5.41) is 23.1. The zero-order valence-electron chi connectivity index (χ0n) is 13.3. The Kier molecular flexibility index (Phi) is 3.90. The Morgan fingerprint density at radius 2 is 2.21 bits per heavy atom. The van der Waals surface area contributed by atoms with E-state index in [2.05, 4.69) is 5.32 Å². The summed E-state index contributed by atoms with van der Waals surface area (Å²) in [5.74, 6) is -0.828. The van der Waals surface area contributed by atoms with Crippen molar-refractivity contribution in [2.75, 3.05) is 18.4 Å². The molecule has 3 rings (SSSR count). The Labute approximate surface area is 138 Å². The van der Waals surface area contributed by atoms with Crippen LogP contribution in [0, 0.1) is 28.4 Å². The van der Waals surface area contributed by atoms with Crippen molar-refractivity contribution < 1.29 is 19.6 Å². The van der Waals surface area contributed by atoms with Crippen LogP contribution in [0.5, 0.6) is 0 Å². The van der Waals surface area contributed by atoms with E-state index in [1.807, 2.05) is 0 Å². The van der Waals surface area contributed by atoms with Crippen LogP contribution in [0.25, 0.3) is 0 Å². The quantitative estimate of drug-likeness (QED) is 0.652. The van der Waals surface area contributed by atoms with Gasteiger partial charge in [0.05, 0.1) is 10.3 Å². The van der Waals surface area contributed by atoms with Gasteiger partial charge in [0.15, 0.2) is 0 Å². The molecule has 1 saturated heterocycles. The number of hydrogen-bond donors (Lipinski definition) is 2. The van der Waals surface area contributed by atoms with Gasteiger partial charge in [0, 0.05) is 30.4 Å². The lowest BCUT2D eigenvalue weighted by atomic mass is 9.81. The molecule has 0 bridgehead atoms. The first-order chi connectivity index (χ1) is 11.3. The van der Waals surface area contributed by atoms with Gasteiger partial charge in [-0.3, -0.25) is 14.9 Å². The van der Waals surface area contributed by atoms with Crippen molar-refractivity contribution in [2.45, 2.75) is 26.2 Å². The number of nitrogens with one attached hydrogen (secondary N) is 1. The Balaban J connectivity index is 1.71. The maximum Gasteiger partial charge on any atom is 0.321 e. The molecule has 0 unspecified atom stereocenters. The third kappa shape index (κ3) is 2.57. The van der Waals surface area contributed by atoms with E-state index >= 15 is 0 Å². The fraction of sp³-hybridized carbons (Fsp3) is 0.500. The van der Waals surface area contributed by atoms with E-state index in [0.29, 0.717) is 24.2 Å². The Hall–Kier alpha value is -2.64. The number of hydrogen-bond acceptors (Lipinski definition) is 4. The highest BCUT2D eigenvalue weighted by atomic mass is 16.6. The number of carboxylic acid groups (broad SMARTS) is 1. The minimum atomic E-state index is -0.827. The van der Waals surface area contributed by atoms with E-state index in [1.54, 1.807) is 13.0 Å². The molecule has 8 nitrogen and oxygen atoms in total. The van der Waals surface area contributed by atoms with E-state index in [1.165, 1.54) is 17.0 Å². The molecule has 2 aliphatic rings. The van der Waals surface area contributed by atoms with Gasteiger partial charge in [-0.15, -0.1) is 0 Å². The van der Waals surface area contributed by atoms with E-state index < -0.39 is 16.3 Å². The molecule has 1 aliphatic carbocycles. The van der Waals surface area contributed by atoms with Crippen LogP contribution in [0.15, 0.2) is 18.2 Å². The Morgan fingerprint density at radius 3 is 2.79 bits per heavy atom. The van der Waals surface area contributed by atoms with Crippen LogP contribution in [-0.2, 0) is 4.79 Å². The first-order valence-electron chi connectivity index (χ1n) is 7.88. The lowest BCUT2D eigenvalue weighted by molar-refractivity contribution is -0.385. The molecule has 8 heteroatoms. The van der Waals surface area contributed by atoms with E-state index in [9.17, 15) is 24.8 Å². The summed E-state index contributed by atoms with van der Waals surface area (Å²) in [4.78, 5) is 36.0. The third-order valence-corrected chi connectivity index (χ3v) is 5.23. The molecule has 1 aromatic carbocycles. The van der Waals surface area contributed by atoms with Crippen molar-refractivity contribution in [3.63, 3.8) is 0 Å². The number of carbonyl (C=O) groups is 2. The monoisotopic (exact) mass is 333 g/mol. The molecule has 0 spiro atoms. The number of nitro benzene ring substituents is 1. The van der Waals surface area contributed by atoms with Gasteiger partial charge in [0.25, 0.3) is 5.69 Å². The second-order valence-electron chi connectivity index (χ2n) is 6.62. The fourth-order valence-electron chi connectivity index (χ4n) is 3.93. The topological polar surface area (TPSA) is 113 Å². The third-order valence-electron chi connectivity index (χ3n) is 5.23. The molecular weight excluding hydrogens is 314 g/mol. The van der Waals surface area contributed by atoms with Crippen molar-refractivity contribution in [1.82, 2.24) is 4.90 Å². The molecule has 1 aromatic rings. The number of anilines is 1. The van der Waals surface area contributed by atoms with Gasteiger partial charge in [0.1, 0.15) is 0 Å². The zero-order valence-corrected chi connectivity index (χ0v) is 13.3. The van der Waals surface area contributed by atoms with Gasteiger partial charge in [-0.1, -0.05) is 6.42 Å². The number of benzene rings is 1. The van der Waals surface area contributed by atoms with Crippen molar-refractivity contribution in [1.29, 1.82) is 0 Å². The van der Waals surface area contributed by atoms with Crippen molar-refractivity contribution in [2.24, 2.45) is 11.3 Å². The molecule has 128 valence electrons. The largest absolute Gasteiger partial charge is 0.481 e. The predicted octanol–water partition coefficient (Wildman–Crippen LogP) is 2.62. The van der Waals surface area contributed by atoms with Crippen LogP contribution in [0.1, 0.15) is 24.8 Å². The van der Waals surface area contributed by atoms with Gasteiger partial charge in [-0.2, -0.15) is 0 Å². The second kappa shape index (κ2) is 5.77. The maximum absolute atomic E-state index is 12.4. The average Bonchev–Trinajstić information content (AvgIpc) is 3.04. The van der Waals surface area contributed by atoms with Crippen LogP contribution < -0.4 is 5.32 Å². The molecule has 1 aliphatic heterocycles. The minimum Gasteiger partial charge on any atom is -0.481 e. The van der Waals surface area contributed by atoms with Crippen LogP contribution in [0.3, 0.4) is 0 Å². The van der Waals surface area contributed by atoms with Crippen molar-refractivity contribution in [3.8, 4) is 0 Å². The summed E-state index contributed by atoms with van der Waals surface area (Å²) in [6.07, 6.45) is 2.31. The summed E-state index contributed by atoms with van der Waals surface area (Å²) in [6, 6.07) is 4.01. The molecule has 1 saturated carbocycles. The van der Waals surface area contributed by atoms with Crippen LogP contribution in [0.2, 0.25) is 0 Å². The fourth-order valence-corrected chi connectivity index (χ4v) is 3.93. The normalized spacial score (nSPS) is 25.4. The Morgan fingerprint density at radius 1 is 1.46 bits per heavy atom. The number of urea groups is 1. The SMILES string of the molecule is Cc1cc(NC(=O)N2C[C@@H]3CCC[C@@]3(C(=O)O)C2)ccc1[N+](=O)[O-]. The van der Waals surface area contributed by atoms with Crippen LogP contribution in [0.4, 0.5) is 16.2 Å². The highest BCUT2D eigenvalue weighted by molar-refractivity contribution is 5.91. The molecule has 0 radical (unpaired) electrons. The van der Waals surface area contributed by atoms with E-state index in [-0.39, 0.29) is 24.2 Å². The van der Waals surface area contributed by atoms with Gasteiger partial charge in [0.2, 0.25) is 0 Å². The number of amides is 2. The number of rotatable bonds is 3.